The van der Waals surface area contributed by atoms with Gasteiger partial charge in [-0.1, -0.05) is 23.8 Å². The Morgan fingerprint density at radius 1 is 1.06 bits per heavy atom. The van der Waals surface area contributed by atoms with Gasteiger partial charge in [0.15, 0.2) is 5.43 Å². The van der Waals surface area contributed by atoms with Crippen molar-refractivity contribution < 1.29 is 22.9 Å². The van der Waals surface area contributed by atoms with Crippen molar-refractivity contribution in [3.8, 4) is 0 Å². The number of nitro groups is 1. The van der Waals surface area contributed by atoms with Crippen LogP contribution in [0.4, 0.5) is 24.5 Å². The molecule has 11 heteroatoms. The lowest BCUT2D eigenvalue weighted by Gasteiger charge is -2.22. The Hall–Kier alpha value is -4.41. The van der Waals surface area contributed by atoms with Crippen molar-refractivity contribution in [2.24, 2.45) is 0 Å². The third kappa shape index (κ3) is 4.52. The molecule has 0 saturated carbocycles. The van der Waals surface area contributed by atoms with Gasteiger partial charge in [-0.3, -0.25) is 30.1 Å². The van der Waals surface area contributed by atoms with Gasteiger partial charge in [0.2, 0.25) is 0 Å². The molecule has 35 heavy (non-hydrogen) atoms. The SMILES string of the molecule is Cc1ccc2c(c1)c(=O)c1ccccc1n2CC(=O)NN(C)c1ccc(C(F)(F)F)cc1[N+](=O)[O-]. The second kappa shape index (κ2) is 8.75. The van der Waals surface area contributed by atoms with E-state index in [1.807, 2.05) is 13.0 Å². The van der Waals surface area contributed by atoms with Gasteiger partial charge in [-0.2, -0.15) is 13.2 Å². The minimum absolute atomic E-state index is 0.173. The van der Waals surface area contributed by atoms with Gasteiger partial charge in [0.1, 0.15) is 12.2 Å². The number of nitrogens with zero attached hydrogens (tertiary/aromatic N) is 3. The summed E-state index contributed by atoms with van der Waals surface area (Å²) < 4.78 is 40.6. The van der Waals surface area contributed by atoms with Crippen molar-refractivity contribution >= 4 is 39.1 Å². The molecule has 4 rings (SSSR count). The summed E-state index contributed by atoms with van der Waals surface area (Å²) in [4.78, 5) is 36.4. The van der Waals surface area contributed by atoms with E-state index in [1.54, 1.807) is 41.0 Å². The van der Waals surface area contributed by atoms with Crippen LogP contribution in [-0.4, -0.2) is 22.4 Å². The number of pyridine rings is 1. The van der Waals surface area contributed by atoms with Crippen molar-refractivity contribution in [1.29, 1.82) is 0 Å². The van der Waals surface area contributed by atoms with E-state index >= 15 is 0 Å². The van der Waals surface area contributed by atoms with Gasteiger partial charge in [0, 0.05) is 23.9 Å². The maximum atomic E-state index is 13.0. The van der Waals surface area contributed by atoms with Gasteiger partial charge in [0.05, 0.1) is 21.5 Å². The summed E-state index contributed by atoms with van der Waals surface area (Å²) >= 11 is 0. The Kier molecular flexibility index (Phi) is 5.93. The molecule has 8 nitrogen and oxygen atoms in total. The summed E-state index contributed by atoms with van der Waals surface area (Å²) in [5.41, 5.74) is 2.01. The highest BCUT2D eigenvalue weighted by Gasteiger charge is 2.33. The molecule has 0 saturated heterocycles. The van der Waals surface area contributed by atoms with Crippen LogP contribution in [-0.2, 0) is 17.5 Å². The molecule has 1 aromatic heterocycles. The van der Waals surface area contributed by atoms with Crippen molar-refractivity contribution in [2.75, 3.05) is 12.1 Å². The zero-order valence-electron chi connectivity index (χ0n) is 18.6. The quantitative estimate of drug-likeness (QED) is 0.255. The smallest absolute Gasteiger partial charge is 0.331 e. The Bertz CT molecular complexity index is 1550. The molecule has 3 aromatic carbocycles. The van der Waals surface area contributed by atoms with Gasteiger partial charge < -0.3 is 4.57 Å². The molecule has 1 heterocycles. The van der Waals surface area contributed by atoms with Gasteiger partial charge in [-0.05, 0) is 43.3 Å². The predicted molar refractivity (Wildman–Crippen MR) is 125 cm³/mol. The number of para-hydroxylation sites is 1. The predicted octanol–water partition coefficient (Wildman–Crippen LogP) is 4.56. The average Bonchev–Trinajstić information content (AvgIpc) is 2.80. The fourth-order valence-corrected chi connectivity index (χ4v) is 3.97. The molecule has 0 unspecified atom stereocenters. The first-order valence-corrected chi connectivity index (χ1v) is 10.4. The summed E-state index contributed by atoms with van der Waals surface area (Å²) in [6, 6.07) is 14.1. The second-order valence-corrected chi connectivity index (χ2v) is 8.01. The summed E-state index contributed by atoms with van der Waals surface area (Å²) in [6.45, 7) is 1.59. The minimum atomic E-state index is -4.75. The molecule has 0 bridgehead atoms. The largest absolute Gasteiger partial charge is 0.416 e. The Morgan fingerprint density at radius 2 is 1.74 bits per heavy atom. The minimum Gasteiger partial charge on any atom is -0.331 e. The van der Waals surface area contributed by atoms with Crippen LogP contribution in [0.3, 0.4) is 0 Å². The van der Waals surface area contributed by atoms with Crippen LogP contribution in [0, 0.1) is 17.0 Å². The number of carbonyl (C=O) groups is 1. The standard InChI is InChI=1S/C24H19F3N4O4/c1-14-7-9-19-17(11-14)23(33)16-5-3-4-6-18(16)30(19)13-22(32)28-29(2)20-10-8-15(24(25,26)27)12-21(20)31(34)35/h3-12H,13H2,1-2H3,(H,28,32). The number of aromatic nitrogens is 1. The van der Waals surface area contributed by atoms with E-state index in [9.17, 15) is 32.9 Å². The number of hydrogen-bond donors (Lipinski definition) is 1. The molecule has 1 amide bonds. The number of hydrogen-bond acceptors (Lipinski definition) is 5. The van der Waals surface area contributed by atoms with Crippen LogP contribution in [0.5, 0.6) is 0 Å². The Balaban J connectivity index is 1.70. The van der Waals surface area contributed by atoms with Crippen molar-refractivity contribution in [2.45, 2.75) is 19.6 Å². The number of anilines is 1. The number of amides is 1. The molecule has 0 fully saturated rings. The highest BCUT2D eigenvalue weighted by atomic mass is 19.4. The first-order chi connectivity index (χ1) is 16.5. The fourth-order valence-electron chi connectivity index (χ4n) is 3.97. The van der Waals surface area contributed by atoms with E-state index in [4.69, 9.17) is 0 Å². The number of rotatable bonds is 5. The summed E-state index contributed by atoms with van der Waals surface area (Å²) in [5.74, 6) is -0.600. The topological polar surface area (TPSA) is 97.5 Å². The zero-order chi connectivity index (χ0) is 25.5. The number of benzene rings is 3. The number of aryl methyl sites for hydroxylation is 1. The average molecular weight is 484 g/mol. The van der Waals surface area contributed by atoms with Crippen molar-refractivity contribution in [3.63, 3.8) is 0 Å². The van der Waals surface area contributed by atoms with E-state index in [0.29, 0.717) is 33.9 Å². The molecule has 0 atom stereocenters. The van der Waals surface area contributed by atoms with Crippen LogP contribution in [0.15, 0.2) is 65.5 Å². The van der Waals surface area contributed by atoms with Crippen LogP contribution < -0.4 is 15.9 Å². The van der Waals surface area contributed by atoms with E-state index < -0.39 is 28.3 Å². The van der Waals surface area contributed by atoms with Gasteiger partial charge in [-0.15, -0.1) is 0 Å². The zero-order valence-corrected chi connectivity index (χ0v) is 18.6. The third-order valence-electron chi connectivity index (χ3n) is 5.58. The molecule has 0 aliphatic carbocycles. The van der Waals surface area contributed by atoms with E-state index in [2.05, 4.69) is 5.43 Å². The van der Waals surface area contributed by atoms with Crippen molar-refractivity contribution in [1.82, 2.24) is 9.99 Å². The summed E-state index contributed by atoms with van der Waals surface area (Å²) in [7, 11) is 1.29. The molecule has 180 valence electrons. The number of carbonyl (C=O) groups excluding carboxylic acids is 1. The lowest BCUT2D eigenvalue weighted by molar-refractivity contribution is -0.384. The van der Waals surface area contributed by atoms with Crippen LogP contribution >= 0.6 is 0 Å². The third-order valence-corrected chi connectivity index (χ3v) is 5.58. The number of nitro benzene ring substituents is 1. The first kappa shape index (κ1) is 23.7. The fraction of sp³-hybridized carbons (Fsp3) is 0.167. The van der Waals surface area contributed by atoms with Gasteiger partial charge in [-0.25, -0.2) is 0 Å². The van der Waals surface area contributed by atoms with Crippen LogP contribution in [0.1, 0.15) is 11.1 Å². The second-order valence-electron chi connectivity index (χ2n) is 8.01. The molecular formula is C24H19F3N4O4. The van der Waals surface area contributed by atoms with E-state index in [-0.39, 0.29) is 17.7 Å². The molecular weight excluding hydrogens is 465 g/mol. The normalized spacial score (nSPS) is 11.6. The highest BCUT2D eigenvalue weighted by molar-refractivity contribution is 5.95. The lowest BCUT2D eigenvalue weighted by atomic mass is 10.1. The monoisotopic (exact) mass is 484 g/mol. The lowest BCUT2D eigenvalue weighted by Crippen LogP contribution is -2.41. The number of alkyl halides is 3. The maximum absolute atomic E-state index is 13.0. The molecule has 0 aliphatic heterocycles. The van der Waals surface area contributed by atoms with E-state index in [0.717, 1.165) is 16.6 Å². The Morgan fingerprint density at radius 3 is 2.43 bits per heavy atom. The van der Waals surface area contributed by atoms with Gasteiger partial charge >= 0.3 is 6.18 Å². The Labute approximate surface area is 196 Å². The highest BCUT2D eigenvalue weighted by Crippen LogP contribution is 2.35. The number of halogens is 3. The van der Waals surface area contributed by atoms with Gasteiger partial charge in [0.25, 0.3) is 11.6 Å². The number of nitrogens with one attached hydrogen (secondary N) is 1. The number of hydrazine groups is 1. The van der Waals surface area contributed by atoms with Crippen molar-refractivity contribution in [3.05, 3.63) is 92.1 Å². The van der Waals surface area contributed by atoms with Crippen LogP contribution in [0.25, 0.3) is 21.8 Å². The maximum Gasteiger partial charge on any atom is 0.416 e. The summed E-state index contributed by atoms with van der Waals surface area (Å²) in [6.07, 6.45) is -4.75. The van der Waals surface area contributed by atoms with E-state index in [1.165, 1.54) is 7.05 Å². The first-order valence-electron chi connectivity index (χ1n) is 10.4. The molecule has 4 aromatic rings. The molecule has 0 radical (unpaired) electrons. The molecule has 1 N–H and O–H groups in total. The molecule has 0 aliphatic rings. The summed E-state index contributed by atoms with van der Waals surface area (Å²) in [5, 5.41) is 13.3. The van der Waals surface area contributed by atoms with Crippen LogP contribution in [0.2, 0.25) is 0 Å². The number of fused-ring (bicyclic) bond motifs is 2. The molecule has 0 spiro atoms.